The summed E-state index contributed by atoms with van der Waals surface area (Å²) in [7, 11) is 0. The molecule has 2 rings (SSSR count). The number of hydrogen-bond acceptors (Lipinski definition) is 3. The number of carbonyl (C=O) groups is 1. The van der Waals surface area contributed by atoms with Gasteiger partial charge in [0.2, 0.25) is 0 Å². The third-order valence-corrected chi connectivity index (χ3v) is 4.10. The Bertz CT molecular complexity index is 649. The van der Waals surface area contributed by atoms with Crippen molar-refractivity contribution in [3.05, 3.63) is 51.1 Å². The maximum Gasteiger partial charge on any atom is 0.337 e. The Balaban J connectivity index is 2.33. The summed E-state index contributed by atoms with van der Waals surface area (Å²) in [4.78, 5) is 15.8. The molecule has 3 nitrogen and oxygen atoms in total. The van der Waals surface area contributed by atoms with Crippen LogP contribution < -0.4 is 0 Å². The zero-order valence-electron chi connectivity index (χ0n) is 9.23. The van der Waals surface area contributed by atoms with E-state index >= 15 is 0 Å². The highest BCUT2D eigenvalue weighted by Crippen LogP contribution is 2.34. The molecule has 0 aliphatic rings. The van der Waals surface area contributed by atoms with Gasteiger partial charge in [-0.05, 0) is 24.3 Å². The molecule has 1 N–H and O–H groups in total. The number of hydrogen-bond donors (Lipinski definition) is 1. The largest absolute Gasteiger partial charge is 0.478 e. The summed E-state index contributed by atoms with van der Waals surface area (Å²) in [6.07, 6.45) is 1.48. The number of rotatable bonds is 3. The van der Waals surface area contributed by atoms with Gasteiger partial charge in [0.15, 0.2) is 0 Å². The summed E-state index contributed by atoms with van der Waals surface area (Å²) >= 11 is 18.8. The Morgan fingerprint density at radius 1 is 1.16 bits per heavy atom. The number of carboxylic acids is 1. The van der Waals surface area contributed by atoms with Crippen LogP contribution in [0.5, 0.6) is 0 Å². The van der Waals surface area contributed by atoms with Gasteiger partial charge in [-0.2, -0.15) is 0 Å². The molecule has 98 valence electrons. The quantitative estimate of drug-likeness (QED) is 0.868. The summed E-state index contributed by atoms with van der Waals surface area (Å²) in [5, 5.41) is 10.6. The molecule has 7 heteroatoms. The van der Waals surface area contributed by atoms with Crippen LogP contribution in [0.1, 0.15) is 10.4 Å². The number of aromatic carboxylic acids is 1. The van der Waals surface area contributed by atoms with Crippen molar-refractivity contribution in [3.8, 4) is 0 Å². The van der Waals surface area contributed by atoms with Crippen LogP contribution in [0.4, 0.5) is 0 Å². The predicted octanol–water partition coefficient (Wildman–Crippen LogP) is 4.89. The molecule has 0 amide bonds. The molecule has 0 unspecified atom stereocenters. The Morgan fingerprint density at radius 3 is 2.53 bits per heavy atom. The molecule has 0 saturated heterocycles. The minimum absolute atomic E-state index is 0.0387. The highest BCUT2D eigenvalue weighted by molar-refractivity contribution is 7.99. The monoisotopic (exact) mass is 333 g/mol. The van der Waals surface area contributed by atoms with E-state index in [2.05, 4.69) is 4.98 Å². The van der Waals surface area contributed by atoms with E-state index in [4.69, 9.17) is 39.9 Å². The van der Waals surface area contributed by atoms with Crippen molar-refractivity contribution in [2.45, 2.75) is 9.92 Å². The second kappa shape index (κ2) is 6.01. The molecular formula is C12H6Cl3NO2S. The molecule has 1 aromatic heterocycles. The van der Waals surface area contributed by atoms with Gasteiger partial charge in [-0.15, -0.1) is 0 Å². The topological polar surface area (TPSA) is 50.2 Å². The predicted molar refractivity (Wildman–Crippen MR) is 76.8 cm³/mol. The molecule has 1 aromatic carbocycles. The lowest BCUT2D eigenvalue weighted by atomic mass is 10.2. The van der Waals surface area contributed by atoms with Gasteiger partial charge >= 0.3 is 5.97 Å². The Hall–Kier alpha value is -0.940. The van der Waals surface area contributed by atoms with Crippen LogP contribution >= 0.6 is 46.6 Å². The lowest BCUT2D eigenvalue weighted by molar-refractivity contribution is 0.0697. The van der Waals surface area contributed by atoms with Gasteiger partial charge in [0, 0.05) is 11.1 Å². The van der Waals surface area contributed by atoms with E-state index in [0.29, 0.717) is 20.0 Å². The van der Waals surface area contributed by atoms with Crippen molar-refractivity contribution in [1.29, 1.82) is 0 Å². The van der Waals surface area contributed by atoms with Crippen molar-refractivity contribution < 1.29 is 9.90 Å². The third-order valence-electron chi connectivity index (χ3n) is 2.16. The van der Waals surface area contributed by atoms with Crippen LogP contribution in [0.15, 0.2) is 40.4 Å². The normalized spacial score (nSPS) is 10.5. The average molecular weight is 335 g/mol. The summed E-state index contributed by atoms with van der Waals surface area (Å²) in [5.74, 6) is -1.08. The Morgan fingerprint density at radius 2 is 1.89 bits per heavy atom. The van der Waals surface area contributed by atoms with Crippen LogP contribution in [0.25, 0.3) is 0 Å². The fourth-order valence-electron chi connectivity index (χ4n) is 1.32. The molecule has 0 bridgehead atoms. The van der Waals surface area contributed by atoms with Crippen LogP contribution in [-0.4, -0.2) is 16.1 Å². The van der Waals surface area contributed by atoms with E-state index in [-0.39, 0.29) is 10.6 Å². The minimum Gasteiger partial charge on any atom is -0.478 e. The molecule has 0 saturated carbocycles. The lowest BCUT2D eigenvalue weighted by Crippen LogP contribution is -1.97. The molecule has 1 heterocycles. The molecule has 0 atom stereocenters. The van der Waals surface area contributed by atoms with Gasteiger partial charge in [0.05, 0.1) is 20.6 Å². The SMILES string of the molecule is O=C(O)c1cc(Sc2ncc(Cl)cc2Cl)ccc1Cl. The van der Waals surface area contributed by atoms with Crippen molar-refractivity contribution in [3.63, 3.8) is 0 Å². The maximum atomic E-state index is 11.0. The molecular weight excluding hydrogens is 329 g/mol. The van der Waals surface area contributed by atoms with Gasteiger partial charge in [-0.3, -0.25) is 0 Å². The number of aromatic nitrogens is 1. The highest BCUT2D eigenvalue weighted by Gasteiger charge is 2.11. The van der Waals surface area contributed by atoms with Gasteiger partial charge in [0.1, 0.15) is 5.03 Å². The number of nitrogens with zero attached hydrogens (tertiary/aromatic N) is 1. The number of carboxylic acid groups (broad SMARTS) is 1. The molecule has 0 aliphatic carbocycles. The zero-order chi connectivity index (χ0) is 14.0. The van der Waals surface area contributed by atoms with E-state index in [1.54, 1.807) is 12.1 Å². The highest BCUT2D eigenvalue weighted by atomic mass is 35.5. The fraction of sp³-hybridized carbons (Fsp3) is 0. The molecule has 2 aromatic rings. The van der Waals surface area contributed by atoms with Crippen LogP contribution in [0.2, 0.25) is 15.1 Å². The summed E-state index contributed by atoms with van der Waals surface area (Å²) in [5.41, 5.74) is 0.0387. The van der Waals surface area contributed by atoms with Crippen LogP contribution in [0.3, 0.4) is 0 Å². The Kier molecular flexibility index (Phi) is 4.58. The second-order valence-electron chi connectivity index (χ2n) is 3.49. The van der Waals surface area contributed by atoms with Gasteiger partial charge in [0.25, 0.3) is 0 Å². The first kappa shape index (κ1) is 14.5. The standard InChI is InChI=1S/C12H6Cl3NO2S/c13-6-3-10(15)11(16-5-6)19-7-1-2-9(14)8(4-7)12(17)18/h1-5H,(H,17,18). The number of halogens is 3. The zero-order valence-corrected chi connectivity index (χ0v) is 12.3. The first-order valence-corrected chi connectivity index (χ1v) is 6.94. The Labute approximate surface area is 128 Å². The van der Waals surface area contributed by atoms with Gasteiger partial charge in [-0.25, -0.2) is 9.78 Å². The molecule has 0 fully saturated rings. The van der Waals surface area contributed by atoms with Crippen molar-refractivity contribution in [2.24, 2.45) is 0 Å². The van der Waals surface area contributed by atoms with Crippen molar-refractivity contribution in [1.82, 2.24) is 4.98 Å². The maximum absolute atomic E-state index is 11.0. The lowest BCUT2D eigenvalue weighted by Gasteiger charge is -2.05. The second-order valence-corrected chi connectivity index (χ2v) is 5.80. The smallest absolute Gasteiger partial charge is 0.337 e. The van der Waals surface area contributed by atoms with E-state index in [9.17, 15) is 4.79 Å². The molecule has 0 radical (unpaired) electrons. The summed E-state index contributed by atoms with van der Waals surface area (Å²) in [6.45, 7) is 0. The van der Waals surface area contributed by atoms with E-state index < -0.39 is 5.97 Å². The summed E-state index contributed by atoms with van der Waals surface area (Å²) in [6, 6.07) is 6.28. The molecule has 0 aliphatic heterocycles. The first-order chi connectivity index (χ1) is 8.97. The summed E-state index contributed by atoms with van der Waals surface area (Å²) < 4.78 is 0. The van der Waals surface area contributed by atoms with Crippen LogP contribution in [-0.2, 0) is 0 Å². The van der Waals surface area contributed by atoms with E-state index in [0.717, 1.165) is 0 Å². The van der Waals surface area contributed by atoms with Crippen LogP contribution in [0, 0.1) is 0 Å². The fourth-order valence-corrected chi connectivity index (χ4v) is 2.81. The third kappa shape index (κ3) is 3.54. The average Bonchev–Trinajstić information content (AvgIpc) is 2.34. The molecule has 0 spiro atoms. The van der Waals surface area contributed by atoms with Gasteiger partial charge < -0.3 is 5.11 Å². The molecule has 19 heavy (non-hydrogen) atoms. The number of pyridine rings is 1. The van der Waals surface area contributed by atoms with Crippen molar-refractivity contribution >= 4 is 52.5 Å². The van der Waals surface area contributed by atoms with Gasteiger partial charge in [-0.1, -0.05) is 46.6 Å². The minimum atomic E-state index is -1.08. The van der Waals surface area contributed by atoms with Crippen molar-refractivity contribution in [2.75, 3.05) is 0 Å². The number of benzene rings is 1. The van der Waals surface area contributed by atoms with E-state index in [1.165, 1.54) is 30.1 Å². The first-order valence-electron chi connectivity index (χ1n) is 4.99. The van der Waals surface area contributed by atoms with E-state index in [1.807, 2.05) is 0 Å².